The fourth-order valence-electron chi connectivity index (χ4n) is 1.98. The summed E-state index contributed by atoms with van der Waals surface area (Å²) in [5.41, 5.74) is 0.735. The van der Waals surface area contributed by atoms with Crippen LogP contribution in [0.3, 0.4) is 0 Å². The van der Waals surface area contributed by atoms with Gasteiger partial charge < -0.3 is 15.4 Å². The first-order valence-electron chi connectivity index (χ1n) is 7.50. The van der Waals surface area contributed by atoms with Gasteiger partial charge >= 0.3 is 0 Å². The highest BCUT2D eigenvalue weighted by atomic mass is 19.1. The molecule has 0 unspecified atom stereocenters. The van der Waals surface area contributed by atoms with Crippen LogP contribution >= 0.6 is 0 Å². The summed E-state index contributed by atoms with van der Waals surface area (Å²) in [6, 6.07) is 4.68. The third-order valence-corrected chi connectivity index (χ3v) is 3.10. The van der Waals surface area contributed by atoms with Crippen LogP contribution in [0.4, 0.5) is 4.39 Å². The second kappa shape index (κ2) is 9.78. The van der Waals surface area contributed by atoms with Crippen LogP contribution in [0.15, 0.2) is 18.2 Å². The van der Waals surface area contributed by atoms with Gasteiger partial charge in [-0.15, -0.1) is 0 Å². The highest BCUT2D eigenvalue weighted by Gasteiger charge is 2.10. The van der Waals surface area contributed by atoms with E-state index in [2.05, 4.69) is 10.6 Å². The third-order valence-electron chi connectivity index (χ3n) is 3.10. The van der Waals surface area contributed by atoms with Crippen molar-refractivity contribution >= 4 is 11.8 Å². The molecule has 0 spiro atoms. The van der Waals surface area contributed by atoms with E-state index in [0.717, 1.165) is 12.0 Å². The summed E-state index contributed by atoms with van der Waals surface area (Å²) in [5.74, 6) is -0.712. The Labute approximate surface area is 136 Å². The second-order valence-corrected chi connectivity index (χ2v) is 5.27. The van der Waals surface area contributed by atoms with Gasteiger partial charge in [-0.05, 0) is 31.2 Å². The zero-order valence-electron chi connectivity index (χ0n) is 13.8. The maximum Gasteiger partial charge on any atom is 0.239 e. The lowest BCUT2D eigenvalue weighted by Crippen LogP contribution is -2.41. The highest BCUT2D eigenvalue weighted by molar-refractivity contribution is 5.85. The average Bonchev–Trinajstić information content (AvgIpc) is 2.51. The number of hydrogen-bond donors (Lipinski definition) is 2. The van der Waals surface area contributed by atoms with Crippen LogP contribution in [-0.2, 0) is 16.1 Å². The van der Waals surface area contributed by atoms with Gasteiger partial charge in [0.2, 0.25) is 11.8 Å². The van der Waals surface area contributed by atoms with Crippen LogP contribution < -0.4 is 15.4 Å². The fourth-order valence-corrected chi connectivity index (χ4v) is 1.98. The van der Waals surface area contributed by atoms with Crippen molar-refractivity contribution in [1.82, 2.24) is 15.5 Å². The van der Waals surface area contributed by atoms with E-state index in [1.807, 2.05) is 6.92 Å². The number of hydrogen-bond acceptors (Lipinski definition) is 4. The Morgan fingerprint density at radius 2 is 2.00 bits per heavy atom. The number of nitrogens with one attached hydrogen (secondary N) is 2. The lowest BCUT2D eigenvalue weighted by Gasteiger charge is -2.16. The summed E-state index contributed by atoms with van der Waals surface area (Å²) in [5, 5.41) is 5.23. The molecule has 0 aliphatic heterocycles. The summed E-state index contributed by atoms with van der Waals surface area (Å²) in [7, 11) is 3.16. The number of ether oxygens (including phenoxy) is 1. The standard InChI is InChI=1S/C16H24FN3O3/c1-4-7-18-15(21)9-19-16(22)11-20(2)10-12-5-6-14(23-3)13(17)8-12/h5-6,8H,4,7,9-11H2,1-3H3,(H,18,21)(H,19,22). The highest BCUT2D eigenvalue weighted by Crippen LogP contribution is 2.18. The Kier molecular flexibility index (Phi) is 8.04. The number of nitrogens with zero attached hydrogens (tertiary/aromatic N) is 1. The lowest BCUT2D eigenvalue weighted by atomic mass is 10.2. The van der Waals surface area contributed by atoms with Crippen molar-refractivity contribution in [2.45, 2.75) is 19.9 Å². The van der Waals surface area contributed by atoms with Crippen molar-refractivity contribution in [3.8, 4) is 5.75 Å². The monoisotopic (exact) mass is 325 g/mol. The van der Waals surface area contributed by atoms with E-state index in [1.54, 1.807) is 24.1 Å². The SMILES string of the molecule is CCCNC(=O)CNC(=O)CN(C)Cc1ccc(OC)c(F)c1. The first-order chi connectivity index (χ1) is 11.0. The number of amides is 2. The van der Waals surface area contributed by atoms with Gasteiger partial charge in [-0.2, -0.15) is 0 Å². The molecule has 2 N–H and O–H groups in total. The van der Waals surface area contributed by atoms with Crippen LogP contribution in [0.5, 0.6) is 5.75 Å². The van der Waals surface area contributed by atoms with Crippen molar-refractivity contribution in [2.24, 2.45) is 0 Å². The molecule has 0 aromatic heterocycles. The summed E-state index contributed by atoms with van der Waals surface area (Å²) < 4.78 is 18.5. The lowest BCUT2D eigenvalue weighted by molar-refractivity contribution is -0.126. The van der Waals surface area contributed by atoms with Gasteiger partial charge in [0.25, 0.3) is 0 Å². The molecule has 23 heavy (non-hydrogen) atoms. The normalized spacial score (nSPS) is 10.5. The third kappa shape index (κ3) is 7.10. The maximum absolute atomic E-state index is 13.6. The Morgan fingerprint density at radius 1 is 1.26 bits per heavy atom. The van der Waals surface area contributed by atoms with Crippen molar-refractivity contribution in [3.05, 3.63) is 29.6 Å². The van der Waals surface area contributed by atoms with Crippen LogP contribution in [-0.4, -0.2) is 50.5 Å². The zero-order chi connectivity index (χ0) is 17.2. The van der Waals surface area contributed by atoms with Crippen LogP contribution in [0.25, 0.3) is 0 Å². The van der Waals surface area contributed by atoms with E-state index in [-0.39, 0.29) is 30.7 Å². The Morgan fingerprint density at radius 3 is 2.61 bits per heavy atom. The number of likely N-dealkylation sites (N-methyl/N-ethyl adjacent to an activating group) is 1. The number of methoxy groups -OCH3 is 1. The number of halogens is 1. The van der Waals surface area contributed by atoms with Gasteiger partial charge in [-0.25, -0.2) is 4.39 Å². The average molecular weight is 325 g/mol. The molecule has 0 aliphatic carbocycles. The van der Waals surface area contributed by atoms with Crippen LogP contribution in [0.2, 0.25) is 0 Å². The molecular weight excluding hydrogens is 301 g/mol. The molecule has 128 valence electrons. The maximum atomic E-state index is 13.6. The van der Waals surface area contributed by atoms with Gasteiger partial charge in [-0.3, -0.25) is 14.5 Å². The molecule has 1 rings (SSSR count). The van der Waals surface area contributed by atoms with Crippen LogP contribution in [0.1, 0.15) is 18.9 Å². The number of carbonyl (C=O) groups excluding carboxylic acids is 2. The molecule has 1 aromatic carbocycles. The van der Waals surface area contributed by atoms with Crippen molar-refractivity contribution < 1.29 is 18.7 Å². The summed E-state index contributed by atoms with van der Waals surface area (Å²) in [6.07, 6.45) is 0.848. The molecule has 0 atom stereocenters. The second-order valence-electron chi connectivity index (χ2n) is 5.27. The summed E-state index contributed by atoms with van der Waals surface area (Å²) >= 11 is 0. The van der Waals surface area contributed by atoms with Crippen molar-refractivity contribution in [2.75, 3.05) is 33.8 Å². The topological polar surface area (TPSA) is 70.7 Å². The molecule has 0 bridgehead atoms. The van der Waals surface area contributed by atoms with Gasteiger partial charge in [0.15, 0.2) is 11.6 Å². The molecule has 0 radical (unpaired) electrons. The van der Waals surface area contributed by atoms with Gasteiger partial charge in [-0.1, -0.05) is 13.0 Å². The number of carbonyl (C=O) groups is 2. The van der Waals surface area contributed by atoms with Gasteiger partial charge in [0.05, 0.1) is 20.2 Å². The minimum atomic E-state index is -0.435. The molecule has 0 fully saturated rings. The molecule has 1 aromatic rings. The molecule has 0 saturated carbocycles. The Balaban J connectivity index is 2.38. The molecule has 0 heterocycles. The van der Waals surface area contributed by atoms with Crippen molar-refractivity contribution in [1.29, 1.82) is 0 Å². The minimum absolute atomic E-state index is 0.0379. The molecule has 7 heteroatoms. The summed E-state index contributed by atoms with van der Waals surface area (Å²) in [6.45, 7) is 3.04. The quantitative estimate of drug-likeness (QED) is 0.708. The fraction of sp³-hybridized carbons (Fsp3) is 0.500. The zero-order valence-corrected chi connectivity index (χ0v) is 13.8. The minimum Gasteiger partial charge on any atom is -0.494 e. The van der Waals surface area contributed by atoms with E-state index in [0.29, 0.717) is 13.1 Å². The van der Waals surface area contributed by atoms with E-state index < -0.39 is 5.82 Å². The number of benzene rings is 1. The van der Waals surface area contributed by atoms with Gasteiger partial charge in [0, 0.05) is 13.1 Å². The van der Waals surface area contributed by atoms with Gasteiger partial charge in [0.1, 0.15) is 0 Å². The Hall–Kier alpha value is -2.15. The predicted molar refractivity (Wildman–Crippen MR) is 85.6 cm³/mol. The van der Waals surface area contributed by atoms with Crippen LogP contribution in [0, 0.1) is 5.82 Å². The molecule has 2 amide bonds. The van der Waals surface area contributed by atoms with E-state index >= 15 is 0 Å². The smallest absolute Gasteiger partial charge is 0.239 e. The molecule has 0 saturated heterocycles. The van der Waals surface area contributed by atoms with E-state index in [4.69, 9.17) is 4.74 Å². The molecular formula is C16H24FN3O3. The Bertz CT molecular complexity index is 537. The predicted octanol–water partition coefficient (Wildman–Crippen LogP) is 0.908. The first-order valence-corrected chi connectivity index (χ1v) is 7.50. The first kappa shape index (κ1) is 18.9. The largest absolute Gasteiger partial charge is 0.494 e. The van der Waals surface area contributed by atoms with Crippen molar-refractivity contribution in [3.63, 3.8) is 0 Å². The van der Waals surface area contributed by atoms with E-state index in [9.17, 15) is 14.0 Å². The van der Waals surface area contributed by atoms with E-state index in [1.165, 1.54) is 13.2 Å². The number of rotatable bonds is 9. The molecule has 6 nitrogen and oxygen atoms in total. The molecule has 0 aliphatic rings. The summed E-state index contributed by atoms with van der Waals surface area (Å²) in [4.78, 5) is 24.9.